The fraction of sp³-hybridized carbons (Fsp3) is 0.917. The molecule has 0 radical (unpaired) electrons. The molecule has 0 aromatic carbocycles. The van der Waals surface area contributed by atoms with Crippen molar-refractivity contribution in [3.63, 3.8) is 0 Å². The Kier molecular flexibility index (Phi) is 6.42. The van der Waals surface area contributed by atoms with Gasteiger partial charge in [0.25, 0.3) is 0 Å². The third-order valence-corrected chi connectivity index (χ3v) is 2.96. The molecule has 1 unspecified atom stereocenters. The van der Waals surface area contributed by atoms with Gasteiger partial charge in [-0.3, -0.25) is 4.79 Å². The number of likely N-dealkylation sites (tertiary alicyclic amines) is 1. The molecule has 1 amide bonds. The van der Waals surface area contributed by atoms with Crippen LogP contribution in [0.4, 0.5) is 0 Å². The molecule has 1 fully saturated rings. The maximum atomic E-state index is 11.3. The van der Waals surface area contributed by atoms with Crippen molar-refractivity contribution >= 4 is 5.91 Å². The van der Waals surface area contributed by atoms with E-state index in [2.05, 4.69) is 10.2 Å². The summed E-state index contributed by atoms with van der Waals surface area (Å²) in [6.07, 6.45) is 4.27. The zero-order valence-electron chi connectivity index (χ0n) is 10.2. The monoisotopic (exact) mass is 228 g/mol. The molecule has 1 aliphatic rings. The first-order valence-corrected chi connectivity index (χ1v) is 6.35. The zero-order valence-corrected chi connectivity index (χ0v) is 10.2. The number of aliphatic hydroxyl groups is 1. The third-order valence-electron chi connectivity index (χ3n) is 2.96. The minimum Gasteiger partial charge on any atom is -0.393 e. The molecule has 1 saturated heterocycles. The van der Waals surface area contributed by atoms with Gasteiger partial charge >= 0.3 is 0 Å². The SMILES string of the molecule is CC(O)CCC(=O)NCCCN1CCCC1. The van der Waals surface area contributed by atoms with Crippen LogP contribution < -0.4 is 5.32 Å². The number of nitrogens with zero attached hydrogens (tertiary/aromatic N) is 1. The molecule has 94 valence electrons. The second-order valence-electron chi connectivity index (χ2n) is 4.64. The van der Waals surface area contributed by atoms with Crippen LogP contribution in [0.25, 0.3) is 0 Å². The molecule has 0 saturated carbocycles. The van der Waals surface area contributed by atoms with Gasteiger partial charge in [0, 0.05) is 13.0 Å². The highest BCUT2D eigenvalue weighted by molar-refractivity contribution is 5.75. The second-order valence-corrected chi connectivity index (χ2v) is 4.64. The van der Waals surface area contributed by atoms with Gasteiger partial charge in [-0.2, -0.15) is 0 Å². The topological polar surface area (TPSA) is 52.6 Å². The lowest BCUT2D eigenvalue weighted by molar-refractivity contribution is -0.121. The van der Waals surface area contributed by atoms with Crippen LogP contribution in [0.2, 0.25) is 0 Å². The second kappa shape index (κ2) is 7.63. The summed E-state index contributed by atoms with van der Waals surface area (Å²) in [7, 11) is 0. The van der Waals surface area contributed by atoms with Gasteiger partial charge in [0.15, 0.2) is 0 Å². The number of amides is 1. The Morgan fingerprint density at radius 3 is 2.75 bits per heavy atom. The van der Waals surface area contributed by atoms with E-state index in [-0.39, 0.29) is 12.0 Å². The van der Waals surface area contributed by atoms with Crippen LogP contribution in [-0.2, 0) is 4.79 Å². The lowest BCUT2D eigenvalue weighted by atomic mass is 10.2. The van der Waals surface area contributed by atoms with Gasteiger partial charge in [-0.25, -0.2) is 0 Å². The molecule has 4 nitrogen and oxygen atoms in total. The van der Waals surface area contributed by atoms with E-state index in [0.717, 1.165) is 19.5 Å². The largest absolute Gasteiger partial charge is 0.393 e. The minimum absolute atomic E-state index is 0.0577. The van der Waals surface area contributed by atoms with Crippen molar-refractivity contribution in [3.05, 3.63) is 0 Å². The van der Waals surface area contributed by atoms with E-state index in [1.54, 1.807) is 6.92 Å². The van der Waals surface area contributed by atoms with Crippen LogP contribution in [0.3, 0.4) is 0 Å². The normalized spacial score (nSPS) is 18.6. The number of aliphatic hydroxyl groups excluding tert-OH is 1. The lowest BCUT2D eigenvalue weighted by Crippen LogP contribution is -2.28. The predicted octanol–water partition coefficient (Wildman–Crippen LogP) is 0.749. The van der Waals surface area contributed by atoms with Crippen molar-refractivity contribution in [2.45, 2.75) is 45.1 Å². The van der Waals surface area contributed by atoms with Crippen LogP contribution in [0.15, 0.2) is 0 Å². The van der Waals surface area contributed by atoms with E-state index in [1.807, 2.05) is 0 Å². The van der Waals surface area contributed by atoms with Crippen LogP contribution in [0, 0.1) is 0 Å². The summed E-state index contributed by atoms with van der Waals surface area (Å²) in [6, 6.07) is 0. The molecule has 1 rings (SSSR count). The quantitative estimate of drug-likeness (QED) is 0.632. The molecule has 1 heterocycles. The summed E-state index contributed by atoms with van der Waals surface area (Å²) >= 11 is 0. The summed E-state index contributed by atoms with van der Waals surface area (Å²) in [4.78, 5) is 13.8. The van der Waals surface area contributed by atoms with Crippen LogP contribution >= 0.6 is 0 Å². The first-order chi connectivity index (χ1) is 7.68. The Bertz CT molecular complexity index is 201. The van der Waals surface area contributed by atoms with Gasteiger partial charge in [0.1, 0.15) is 0 Å². The Labute approximate surface area is 98.0 Å². The van der Waals surface area contributed by atoms with Crippen molar-refractivity contribution < 1.29 is 9.90 Å². The van der Waals surface area contributed by atoms with E-state index >= 15 is 0 Å². The van der Waals surface area contributed by atoms with Crippen molar-refractivity contribution in [2.75, 3.05) is 26.2 Å². The molecule has 0 bridgehead atoms. The van der Waals surface area contributed by atoms with Crippen LogP contribution in [0.5, 0.6) is 0 Å². The van der Waals surface area contributed by atoms with Gasteiger partial charge in [0.2, 0.25) is 5.91 Å². The third kappa shape index (κ3) is 6.08. The van der Waals surface area contributed by atoms with Crippen LogP contribution in [0.1, 0.15) is 39.0 Å². The molecule has 2 N–H and O–H groups in total. The summed E-state index contributed by atoms with van der Waals surface area (Å²) < 4.78 is 0. The number of carbonyl (C=O) groups excluding carboxylic acids is 1. The highest BCUT2D eigenvalue weighted by atomic mass is 16.3. The van der Waals surface area contributed by atoms with Gasteiger partial charge in [0.05, 0.1) is 6.10 Å². The fourth-order valence-electron chi connectivity index (χ4n) is 1.97. The van der Waals surface area contributed by atoms with E-state index in [9.17, 15) is 4.79 Å². The average Bonchev–Trinajstić information content (AvgIpc) is 2.74. The lowest BCUT2D eigenvalue weighted by Gasteiger charge is -2.14. The van der Waals surface area contributed by atoms with E-state index in [1.165, 1.54) is 25.9 Å². The molecule has 0 aromatic rings. The number of hydrogen-bond acceptors (Lipinski definition) is 3. The zero-order chi connectivity index (χ0) is 11.8. The summed E-state index contributed by atoms with van der Waals surface area (Å²) in [6.45, 7) is 6.00. The van der Waals surface area contributed by atoms with Crippen molar-refractivity contribution in [2.24, 2.45) is 0 Å². The molecule has 1 atom stereocenters. The smallest absolute Gasteiger partial charge is 0.220 e. The Morgan fingerprint density at radius 1 is 1.44 bits per heavy atom. The van der Waals surface area contributed by atoms with Gasteiger partial charge in [-0.1, -0.05) is 0 Å². The number of carbonyl (C=O) groups is 1. The minimum atomic E-state index is -0.379. The number of rotatable bonds is 7. The molecule has 0 aromatic heterocycles. The predicted molar refractivity (Wildman–Crippen MR) is 64.2 cm³/mol. The summed E-state index contributed by atoms with van der Waals surface area (Å²) in [5.41, 5.74) is 0. The maximum Gasteiger partial charge on any atom is 0.220 e. The molecule has 1 aliphatic heterocycles. The van der Waals surface area contributed by atoms with E-state index in [4.69, 9.17) is 5.11 Å². The Balaban J connectivity index is 1.91. The maximum absolute atomic E-state index is 11.3. The average molecular weight is 228 g/mol. The first kappa shape index (κ1) is 13.5. The van der Waals surface area contributed by atoms with Gasteiger partial charge in [-0.15, -0.1) is 0 Å². The molecule has 4 heteroatoms. The van der Waals surface area contributed by atoms with Gasteiger partial charge in [-0.05, 0) is 52.2 Å². The molecule has 0 aliphatic carbocycles. The Hall–Kier alpha value is -0.610. The fourth-order valence-corrected chi connectivity index (χ4v) is 1.97. The van der Waals surface area contributed by atoms with E-state index < -0.39 is 0 Å². The first-order valence-electron chi connectivity index (χ1n) is 6.35. The molecule has 16 heavy (non-hydrogen) atoms. The molecular weight excluding hydrogens is 204 g/mol. The highest BCUT2D eigenvalue weighted by Gasteiger charge is 2.10. The van der Waals surface area contributed by atoms with Crippen LogP contribution in [-0.4, -0.2) is 48.2 Å². The summed E-state index contributed by atoms with van der Waals surface area (Å²) in [5, 5.41) is 11.9. The number of hydrogen-bond donors (Lipinski definition) is 2. The van der Waals surface area contributed by atoms with E-state index in [0.29, 0.717) is 12.8 Å². The van der Waals surface area contributed by atoms with Crippen molar-refractivity contribution in [1.82, 2.24) is 10.2 Å². The molecular formula is C12H24N2O2. The number of nitrogens with one attached hydrogen (secondary N) is 1. The summed E-state index contributed by atoms with van der Waals surface area (Å²) in [5.74, 6) is 0.0577. The standard InChI is InChI=1S/C12H24N2O2/c1-11(15)5-6-12(16)13-7-4-10-14-8-2-3-9-14/h11,15H,2-10H2,1H3,(H,13,16). The highest BCUT2D eigenvalue weighted by Crippen LogP contribution is 2.06. The van der Waals surface area contributed by atoms with Gasteiger partial charge < -0.3 is 15.3 Å². The Morgan fingerprint density at radius 2 is 2.12 bits per heavy atom. The molecule has 0 spiro atoms. The van der Waals surface area contributed by atoms with Crippen molar-refractivity contribution in [3.8, 4) is 0 Å². The van der Waals surface area contributed by atoms with Crippen molar-refractivity contribution in [1.29, 1.82) is 0 Å².